The maximum absolute atomic E-state index is 12.2. The van der Waals surface area contributed by atoms with Crippen LogP contribution in [0.4, 0.5) is 0 Å². The summed E-state index contributed by atoms with van der Waals surface area (Å²) in [6, 6.07) is 17.3. The van der Waals surface area contributed by atoms with Gasteiger partial charge in [-0.2, -0.15) is 0 Å². The van der Waals surface area contributed by atoms with Crippen LogP contribution in [0.5, 0.6) is 0 Å². The van der Waals surface area contributed by atoms with Gasteiger partial charge in [-0.05, 0) is 36.5 Å². The Labute approximate surface area is 182 Å². The molecule has 0 aromatic heterocycles. The third kappa shape index (κ3) is 7.70. The van der Waals surface area contributed by atoms with Crippen LogP contribution in [0.15, 0.2) is 54.6 Å². The summed E-state index contributed by atoms with van der Waals surface area (Å²) in [4.78, 5) is 47.0. The molecule has 0 aliphatic heterocycles. The number of amides is 2. The van der Waals surface area contributed by atoms with Gasteiger partial charge in [-0.3, -0.25) is 19.2 Å². The van der Waals surface area contributed by atoms with E-state index in [0.717, 1.165) is 16.7 Å². The van der Waals surface area contributed by atoms with Crippen LogP contribution in [0.3, 0.4) is 0 Å². The minimum atomic E-state index is -0.902. The third-order valence-electron chi connectivity index (χ3n) is 4.79. The quantitative estimate of drug-likeness (QED) is 0.326. The Morgan fingerprint density at radius 2 is 1.58 bits per heavy atom. The molecule has 3 N–H and O–H groups in total. The Morgan fingerprint density at radius 1 is 0.968 bits per heavy atom. The first kappa shape index (κ1) is 23.8. The number of Topliss-reactive ketones (excluding diaryl/α,β-unsaturated/α-hetero) is 1. The van der Waals surface area contributed by atoms with E-state index in [1.807, 2.05) is 54.6 Å². The summed E-state index contributed by atoms with van der Waals surface area (Å²) < 4.78 is 5.04. The van der Waals surface area contributed by atoms with E-state index in [1.54, 1.807) is 13.8 Å². The summed E-state index contributed by atoms with van der Waals surface area (Å²) in [5.74, 6) is -3.50. The molecule has 0 saturated heterocycles. The van der Waals surface area contributed by atoms with E-state index in [-0.39, 0.29) is 19.0 Å². The number of ketones is 1. The normalized spacial score (nSPS) is 12.5. The summed E-state index contributed by atoms with van der Waals surface area (Å²) in [5.41, 5.74) is 8.08. The molecule has 0 spiro atoms. The molecular weight excluding hydrogens is 396 g/mol. The Balaban J connectivity index is 2.13. The standard InChI is InChI=1S/C24H28N2O5/c1-3-31-24(30)16(2)13-20(26-23(29)21(27)15-22(25)28)14-17-9-11-19(12-10-17)18-7-5-4-6-8-18/h4-12,16,20H,3,13-15H2,1-2H3,(H2,25,28)(H,26,29)/t16-,20+/m1/s1. The number of nitrogens with two attached hydrogens (primary N) is 1. The fraction of sp³-hybridized carbons (Fsp3) is 0.333. The fourth-order valence-corrected chi connectivity index (χ4v) is 3.25. The van der Waals surface area contributed by atoms with Gasteiger partial charge in [-0.25, -0.2) is 0 Å². The van der Waals surface area contributed by atoms with Crippen LogP contribution < -0.4 is 11.1 Å². The topological polar surface area (TPSA) is 116 Å². The lowest BCUT2D eigenvalue weighted by atomic mass is 9.94. The van der Waals surface area contributed by atoms with Gasteiger partial charge in [0.05, 0.1) is 18.9 Å². The summed E-state index contributed by atoms with van der Waals surface area (Å²) in [7, 11) is 0. The highest BCUT2D eigenvalue weighted by Crippen LogP contribution is 2.21. The predicted octanol–water partition coefficient (Wildman–Crippen LogP) is 2.41. The maximum Gasteiger partial charge on any atom is 0.308 e. The van der Waals surface area contributed by atoms with Gasteiger partial charge in [0.25, 0.3) is 5.91 Å². The Bertz CT molecular complexity index is 909. The first-order valence-electron chi connectivity index (χ1n) is 10.2. The van der Waals surface area contributed by atoms with Gasteiger partial charge in [0.1, 0.15) is 0 Å². The van der Waals surface area contributed by atoms with E-state index in [0.29, 0.717) is 6.42 Å². The van der Waals surface area contributed by atoms with Crippen LogP contribution in [0.2, 0.25) is 0 Å². The molecule has 7 nitrogen and oxygen atoms in total. The summed E-state index contributed by atoms with van der Waals surface area (Å²) in [6.45, 7) is 3.69. The van der Waals surface area contributed by atoms with Gasteiger partial charge >= 0.3 is 5.97 Å². The van der Waals surface area contributed by atoms with Crippen molar-refractivity contribution in [1.82, 2.24) is 5.32 Å². The average molecular weight is 424 g/mol. The summed E-state index contributed by atoms with van der Waals surface area (Å²) in [6.07, 6.45) is 0.0427. The van der Waals surface area contributed by atoms with Crippen LogP contribution >= 0.6 is 0 Å². The molecule has 2 aromatic rings. The second-order valence-corrected chi connectivity index (χ2v) is 7.39. The first-order chi connectivity index (χ1) is 14.8. The zero-order valence-corrected chi connectivity index (χ0v) is 17.8. The van der Waals surface area contributed by atoms with E-state index >= 15 is 0 Å². The zero-order chi connectivity index (χ0) is 22.8. The SMILES string of the molecule is CCOC(=O)[C@H](C)C[C@@H](Cc1ccc(-c2ccccc2)cc1)NC(=O)C(=O)CC(N)=O. The number of primary amides is 1. The van der Waals surface area contributed by atoms with Crippen LogP contribution in [0.1, 0.15) is 32.3 Å². The van der Waals surface area contributed by atoms with Crippen molar-refractivity contribution in [2.24, 2.45) is 11.7 Å². The van der Waals surface area contributed by atoms with Gasteiger partial charge in [-0.1, -0.05) is 61.5 Å². The molecule has 0 fully saturated rings. The first-order valence-corrected chi connectivity index (χ1v) is 10.2. The number of carbonyl (C=O) groups is 4. The van der Waals surface area contributed by atoms with Crippen molar-refractivity contribution >= 4 is 23.6 Å². The molecule has 0 aliphatic carbocycles. The molecular formula is C24H28N2O5. The maximum atomic E-state index is 12.2. The third-order valence-corrected chi connectivity index (χ3v) is 4.79. The van der Waals surface area contributed by atoms with Crippen LogP contribution in [-0.4, -0.2) is 36.2 Å². The van der Waals surface area contributed by atoms with Crippen molar-refractivity contribution in [1.29, 1.82) is 0 Å². The predicted molar refractivity (Wildman–Crippen MR) is 117 cm³/mol. The number of nitrogens with one attached hydrogen (secondary N) is 1. The minimum Gasteiger partial charge on any atom is -0.466 e. The summed E-state index contributed by atoms with van der Waals surface area (Å²) in [5, 5.41) is 2.64. The van der Waals surface area contributed by atoms with Crippen LogP contribution in [0, 0.1) is 5.92 Å². The molecule has 0 radical (unpaired) electrons. The number of hydrogen-bond donors (Lipinski definition) is 2. The van der Waals surface area contributed by atoms with Gasteiger partial charge in [0.2, 0.25) is 11.7 Å². The largest absolute Gasteiger partial charge is 0.466 e. The number of benzene rings is 2. The Hall–Kier alpha value is -3.48. The van der Waals surface area contributed by atoms with E-state index in [1.165, 1.54) is 0 Å². The van der Waals surface area contributed by atoms with Crippen LogP contribution in [0.25, 0.3) is 11.1 Å². The molecule has 2 amide bonds. The molecule has 2 aromatic carbocycles. The lowest BCUT2D eigenvalue weighted by Gasteiger charge is -2.21. The van der Waals surface area contributed by atoms with Gasteiger partial charge in [0, 0.05) is 6.04 Å². The van der Waals surface area contributed by atoms with E-state index in [2.05, 4.69) is 5.32 Å². The molecule has 0 bridgehead atoms. The van der Waals surface area contributed by atoms with E-state index in [4.69, 9.17) is 10.5 Å². The molecule has 164 valence electrons. The average Bonchev–Trinajstić information content (AvgIpc) is 2.74. The monoisotopic (exact) mass is 424 g/mol. The molecule has 0 aliphatic rings. The fourth-order valence-electron chi connectivity index (χ4n) is 3.25. The molecule has 2 atom stereocenters. The van der Waals surface area contributed by atoms with Crippen molar-refractivity contribution in [2.75, 3.05) is 6.61 Å². The highest BCUT2D eigenvalue weighted by molar-refractivity contribution is 6.39. The molecule has 31 heavy (non-hydrogen) atoms. The Morgan fingerprint density at radius 3 is 2.16 bits per heavy atom. The number of ether oxygens (including phenoxy) is 1. The van der Waals surface area contributed by atoms with Gasteiger partial charge < -0.3 is 15.8 Å². The van der Waals surface area contributed by atoms with E-state index < -0.39 is 36.0 Å². The number of hydrogen-bond acceptors (Lipinski definition) is 5. The molecule has 7 heteroatoms. The van der Waals surface area contributed by atoms with Crippen molar-refractivity contribution in [2.45, 2.75) is 39.2 Å². The van der Waals surface area contributed by atoms with Gasteiger partial charge in [-0.15, -0.1) is 0 Å². The minimum absolute atomic E-state index is 0.262. The zero-order valence-electron chi connectivity index (χ0n) is 17.8. The lowest BCUT2D eigenvalue weighted by molar-refractivity contribution is -0.148. The second-order valence-electron chi connectivity index (χ2n) is 7.39. The molecule has 0 saturated carbocycles. The van der Waals surface area contributed by atoms with Crippen molar-refractivity contribution < 1.29 is 23.9 Å². The van der Waals surface area contributed by atoms with E-state index in [9.17, 15) is 19.2 Å². The highest BCUT2D eigenvalue weighted by atomic mass is 16.5. The van der Waals surface area contributed by atoms with Crippen molar-refractivity contribution in [3.8, 4) is 11.1 Å². The number of esters is 1. The molecule has 0 heterocycles. The molecule has 2 rings (SSSR count). The highest BCUT2D eigenvalue weighted by Gasteiger charge is 2.25. The lowest BCUT2D eigenvalue weighted by Crippen LogP contribution is -2.43. The molecule has 0 unspecified atom stereocenters. The Kier molecular flexibility index (Phi) is 8.94. The van der Waals surface area contributed by atoms with Crippen molar-refractivity contribution in [3.05, 3.63) is 60.2 Å². The smallest absolute Gasteiger partial charge is 0.308 e. The second kappa shape index (κ2) is 11.6. The van der Waals surface area contributed by atoms with Crippen molar-refractivity contribution in [3.63, 3.8) is 0 Å². The number of carbonyl (C=O) groups excluding carboxylic acids is 4. The number of rotatable bonds is 11. The van der Waals surface area contributed by atoms with Crippen LogP contribution in [-0.2, 0) is 30.3 Å². The summed E-state index contributed by atoms with van der Waals surface area (Å²) >= 11 is 0. The van der Waals surface area contributed by atoms with Gasteiger partial charge in [0.15, 0.2) is 0 Å².